The van der Waals surface area contributed by atoms with E-state index in [1.807, 2.05) is 0 Å². The summed E-state index contributed by atoms with van der Waals surface area (Å²) < 4.78 is 1.12. The molecule has 0 rings (SSSR count). The number of hydrogen-bond acceptors (Lipinski definition) is 1. The second-order valence-corrected chi connectivity index (χ2v) is 4.78. The van der Waals surface area contributed by atoms with E-state index in [2.05, 4.69) is 28.1 Å². The van der Waals surface area contributed by atoms with Gasteiger partial charge in [-0.1, -0.05) is 32.6 Å². The van der Waals surface area contributed by atoms with Gasteiger partial charge in [0, 0.05) is 0 Å². The smallest absolute Gasteiger partial charge is 0.0780 e. The molecule has 2 nitrogen and oxygen atoms in total. The fourth-order valence-corrected chi connectivity index (χ4v) is 1.37. The van der Waals surface area contributed by atoms with Crippen LogP contribution in [0.4, 0.5) is 0 Å². The van der Waals surface area contributed by atoms with Crippen LogP contribution in [0.15, 0.2) is 0 Å². The van der Waals surface area contributed by atoms with Crippen LogP contribution in [0.1, 0.15) is 45.4 Å². The minimum Gasteiger partial charge on any atom is -0.344 e. The fraction of sp³-hybridized carbons (Fsp3) is 1.00. The Labute approximate surface area is 101 Å². The van der Waals surface area contributed by atoms with E-state index < -0.39 is 0 Å². The molecule has 0 radical (unpaired) electrons. The lowest BCUT2D eigenvalue weighted by Crippen LogP contribution is -2.35. The summed E-state index contributed by atoms with van der Waals surface area (Å²) in [7, 11) is 6.81. The summed E-state index contributed by atoms with van der Waals surface area (Å²) in [5, 5.41) is 0. The Morgan fingerprint density at radius 1 is 0.786 bits per heavy atom. The van der Waals surface area contributed by atoms with E-state index in [9.17, 15) is 0 Å². The summed E-state index contributed by atoms with van der Waals surface area (Å²) in [6.45, 7) is 3.60. The number of rotatable bonds is 7. The Hall–Kier alpha value is 0.400. The van der Waals surface area contributed by atoms with Gasteiger partial charge in [-0.2, -0.15) is 0 Å². The standard InChI is InChI=1S/C11H26N.BrH.H3N/c1-5-6-7-8-9-10-11-12(2,3)4;;/h5-11H2,1-4H3;1H;1H3/q+1;;. The third kappa shape index (κ3) is 18.2. The molecule has 90 valence electrons. The monoisotopic (exact) mass is 269 g/mol. The van der Waals surface area contributed by atoms with Crippen molar-refractivity contribution < 1.29 is 4.48 Å². The molecular formula is C11H30BrN2+. The first-order valence-electron chi connectivity index (χ1n) is 5.36. The average Bonchev–Trinajstić information content (AvgIpc) is 1.94. The van der Waals surface area contributed by atoms with Crippen molar-refractivity contribution in [1.29, 1.82) is 0 Å². The maximum absolute atomic E-state index is 2.27. The second kappa shape index (κ2) is 11.5. The predicted molar refractivity (Wildman–Crippen MR) is 71.6 cm³/mol. The summed E-state index contributed by atoms with van der Waals surface area (Å²) in [6.07, 6.45) is 8.48. The Bertz CT molecular complexity index is 100.0. The van der Waals surface area contributed by atoms with Crippen molar-refractivity contribution in [2.45, 2.75) is 45.4 Å². The van der Waals surface area contributed by atoms with E-state index >= 15 is 0 Å². The Balaban J connectivity index is -0.000000605. The first-order chi connectivity index (χ1) is 5.56. The number of halogens is 1. The topological polar surface area (TPSA) is 35.0 Å². The summed E-state index contributed by atoms with van der Waals surface area (Å²) in [6, 6.07) is 0. The number of hydrogen-bond donors (Lipinski definition) is 1. The van der Waals surface area contributed by atoms with E-state index in [0.717, 1.165) is 4.48 Å². The highest BCUT2D eigenvalue weighted by atomic mass is 79.9. The lowest BCUT2D eigenvalue weighted by atomic mass is 10.1. The molecular weight excluding hydrogens is 240 g/mol. The highest BCUT2D eigenvalue weighted by molar-refractivity contribution is 8.93. The molecule has 0 aromatic rings. The van der Waals surface area contributed by atoms with Crippen LogP contribution in [0, 0.1) is 0 Å². The van der Waals surface area contributed by atoms with Crippen LogP contribution >= 0.6 is 17.0 Å². The number of unbranched alkanes of at least 4 members (excludes halogenated alkanes) is 5. The summed E-state index contributed by atoms with van der Waals surface area (Å²) >= 11 is 0. The summed E-state index contributed by atoms with van der Waals surface area (Å²) in [5.74, 6) is 0. The largest absolute Gasteiger partial charge is 0.344 e. The molecule has 0 aromatic carbocycles. The summed E-state index contributed by atoms with van der Waals surface area (Å²) in [4.78, 5) is 0. The van der Waals surface area contributed by atoms with Crippen LogP contribution in [0.3, 0.4) is 0 Å². The maximum atomic E-state index is 2.27. The van der Waals surface area contributed by atoms with Gasteiger partial charge in [0.25, 0.3) is 0 Å². The predicted octanol–water partition coefficient (Wildman–Crippen LogP) is 3.79. The van der Waals surface area contributed by atoms with Crippen LogP contribution in [-0.2, 0) is 0 Å². The van der Waals surface area contributed by atoms with Gasteiger partial charge in [0.05, 0.1) is 27.7 Å². The SMILES string of the molecule is Br.CCCCCCCC[N+](C)(C)C.N. The van der Waals surface area contributed by atoms with Crippen molar-refractivity contribution in [3.05, 3.63) is 0 Å². The highest BCUT2D eigenvalue weighted by Gasteiger charge is 2.04. The Morgan fingerprint density at radius 3 is 1.64 bits per heavy atom. The molecule has 0 spiro atoms. The molecule has 0 aliphatic rings. The first kappa shape index (κ1) is 19.9. The minimum atomic E-state index is 0. The third-order valence-electron chi connectivity index (χ3n) is 2.18. The first-order valence-corrected chi connectivity index (χ1v) is 5.36. The van der Waals surface area contributed by atoms with Crippen molar-refractivity contribution in [3.8, 4) is 0 Å². The van der Waals surface area contributed by atoms with E-state index in [1.165, 1.54) is 45.1 Å². The normalized spacial score (nSPS) is 10.3. The van der Waals surface area contributed by atoms with Crippen molar-refractivity contribution in [2.24, 2.45) is 0 Å². The van der Waals surface area contributed by atoms with Gasteiger partial charge in [-0.25, -0.2) is 0 Å². The van der Waals surface area contributed by atoms with Gasteiger partial charge in [0.15, 0.2) is 0 Å². The van der Waals surface area contributed by atoms with Crippen LogP contribution < -0.4 is 6.15 Å². The molecule has 0 aliphatic heterocycles. The van der Waals surface area contributed by atoms with E-state index in [0.29, 0.717) is 0 Å². The van der Waals surface area contributed by atoms with Crippen LogP contribution in [-0.4, -0.2) is 32.2 Å². The quantitative estimate of drug-likeness (QED) is 0.554. The molecule has 0 atom stereocenters. The molecule has 3 heteroatoms. The lowest BCUT2D eigenvalue weighted by molar-refractivity contribution is -0.870. The maximum Gasteiger partial charge on any atom is 0.0780 e. The van der Waals surface area contributed by atoms with Crippen LogP contribution in [0.2, 0.25) is 0 Å². The number of nitrogens with zero attached hydrogens (tertiary/aromatic N) is 1. The van der Waals surface area contributed by atoms with Crippen molar-refractivity contribution >= 4 is 17.0 Å². The zero-order valence-electron chi connectivity index (χ0n) is 10.5. The van der Waals surface area contributed by atoms with Gasteiger partial charge >= 0.3 is 0 Å². The molecule has 0 heterocycles. The zero-order chi connectivity index (χ0) is 9.45. The Kier molecular flexibility index (Phi) is 16.3. The number of quaternary nitrogens is 1. The van der Waals surface area contributed by atoms with Gasteiger partial charge in [-0.3, -0.25) is 0 Å². The molecule has 0 saturated heterocycles. The van der Waals surface area contributed by atoms with Crippen molar-refractivity contribution in [3.63, 3.8) is 0 Å². The fourth-order valence-electron chi connectivity index (χ4n) is 1.37. The van der Waals surface area contributed by atoms with Crippen molar-refractivity contribution in [2.75, 3.05) is 27.7 Å². The van der Waals surface area contributed by atoms with Gasteiger partial charge in [-0.05, 0) is 12.8 Å². The van der Waals surface area contributed by atoms with Crippen LogP contribution in [0.25, 0.3) is 0 Å². The van der Waals surface area contributed by atoms with E-state index in [4.69, 9.17) is 0 Å². The lowest BCUT2D eigenvalue weighted by Gasteiger charge is -2.23. The minimum absolute atomic E-state index is 0. The van der Waals surface area contributed by atoms with Gasteiger partial charge in [0.1, 0.15) is 0 Å². The molecule has 3 N–H and O–H groups in total. The van der Waals surface area contributed by atoms with Gasteiger partial charge < -0.3 is 10.6 Å². The molecule has 0 aliphatic carbocycles. The molecule has 14 heavy (non-hydrogen) atoms. The van der Waals surface area contributed by atoms with Crippen LogP contribution in [0.5, 0.6) is 0 Å². The molecule has 0 saturated carbocycles. The van der Waals surface area contributed by atoms with Gasteiger partial charge in [0.2, 0.25) is 0 Å². The average molecular weight is 270 g/mol. The Morgan fingerprint density at radius 2 is 1.21 bits per heavy atom. The third-order valence-corrected chi connectivity index (χ3v) is 2.18. The second-order valence-electron chi connectivity index (χ2n) is 4.78. The highest BCUT2D eigenvalue weighted by Crippen LogP contribution is 2.06. The molecule has 0 aromatic heterocycles. The van der Waals surface area contributed by atoms with Gasteiger partial charge in [-0.15, -0.1) is 17.0 Å². The van der Waals surface area contributed by atoms with E-state index in [1.54, 1.807) is 0 Å². The summed E-state index contributed by atoms with van der Waals surface area (Å²) in [5.41, 5.74) is 0. The molecule has 0 fully saturated rings. The van der Waals surface area contributed by atoms with E-state index in [-0.39, 0.29) is 23.1 Å². The molecule has 0 amide bonds. The molecule has 0 bridgehead atoms. The van der Waals surface area contributed by atoms with Crippen molar-refractivity contribution in [1.82, 2.24) is 6.15 Å². The molecule has 0 unspecified atom stereocenters. The zero-order valence-corrected chi connectivity index (χ0v) is 12.2.